The summed E-state index contributed by atoms with van der Waals surface area (Å²) in [6.45, 7) is 3.66. The molecule has 6 heteroatoms. The zero-order valence-corrected chi connectivity index (χ0v) is 9.44. The summed E-state index contributed by atoms with van der Waals surface area (Å²) in [6, 6.07) is -0.459. The number of nitrogens with zero attached hydrogens (tertiary/aromatic N) is 2. The van der Waals surface area contributed by atoms with Crippen LogP contribution in [-0.2, 0) is 6.42 Å². The Morgan fingerprint density at radius 3 is 2.81 bits per heavy atom. The molecule has 0 aliphatic heterocycles. The number of halogens is 1. The van der Waals surface area contributed by atoms with E-state index in [4.69, 9.17) is 5.73 Å². The van der Waals surface area contributed by atoms with E-state index in [0.717, 1.165) is 0 Å². The average molecular weight is 228 g/mol. The molecule has 1 rings (SSSR count). The fraction of sp³-hybridized carbons (Fsp3) is 0.600. The number of hydrogen-bond acceptors (Lipinski definition) is 5. The van der Waals surface area contributed by atoms with Gasteiger partial charge in [0.1, 0.15) is 6.33 Å². The zero-order valence-electron chi connectivity index (χ0n) is 9.44. The van der Waals surface area contributed by atoms with Crippen LogP contribution in [0.5, 0.6) is 0 Å². The van der Waals surface area contributed by atoms with Gasteiger partial charge in [-0.1, -0.05) is 6.92 Å². The van der Waals surface area contributed by atoms with Crippen molar-refractivity contribution in [2.45, 2.75) is 32.4 Å². The predicted octanol–water partition coefficient (Wildman–Crippen LogP) is 0.298. The van der Waals surface area contributed by atoms with E-state index in [1.807, 2.05) is 6.92 Å². The van der Waals surface area contributed by atoms with Gasteiger partial charge in [0.25, 0.3) is 0 Å². The molecule has 0 aromatic carbocycles. The maximum atomic E-state index is 13.6. The van der Waals surface area contributed by atoms with Crippen LogP contribution in [0.15, 0.2) is 6.33 Å². The van der Waals surface area contributed by atoms with E-state index in [9.17, 15) is 9.50 Å². The quantitative estimate of drug-likeness (QED) is 0.675. The summed E-state index contributed by atoms with van der Waals surface area (Å²) in [7, 11) is 0. The van der Waals surface area contributed by atoms with Crippen molar-refractivity contribution in [3.8, 4) is 0 Å². The van der Waals surface area contributed by atoms with Crippen molar-refractivity contribution >= 4 is 5.82 Å². The molecule has 16 heavy (non-hydrogen) atoms. The lowest BCUT2D eigenvalue weighted by atomic mass is 10.2. The number of aliphatic hydroxyl groups is 1. The highest BCUT2D eigenvalue weighted by atomic mass is 19.1. The topological polar surface area (TPSA) is 84.1 Å². The number of aromatic nitrogens is 2. The van der Waals surface area contributed by atoms with Crippen molar-refractivity contribution in [3.63, 3.8) is 0 Å². The fourth-order valence-corrected chi connectivity index (χ4v) is 1.16. The Hall–Kier alpha value is -1.27. The smallest absolute Gasteiger partial charge is 0.186 e. The molecule has 2 unspecified atom stereocenters. The molecule has 90 valence electrons. The average Bonchev–Trinajstić information content (AvgIpc) is 2.27. The van der Waals surface area contributed by atoms with Gasteiger partial charge in [-0.15, -0.1) is 0 Å². The largest absolute Gasteiger partial charge is 0.392 e. The fourth-order valence-electron chi connectivity index (χ4n) is 1.16. The van der Waals surface area contributed by atoms with Crippen LogP contribution in [0.3, 0.4) is 0 Å². The van der Waals surface area contributed by atoms with E-state index in [2.05, 4.69) is 15.3 Å². The number of hydrogen-bond donors (Lipinski definition) is 3. The van der Waals surface area contributed by atoms with Crippen LogP contribution >= 0.6 is 0 Å². The molecule has 1 aromatic heterocycles. The summed E-state index contributed by atoms with van der Waals surface area (Å²) < 4.78 is 13.6. The highest BCUT2D eigenvalue weighted by Gasteiger charge is 2.12. The summed E-state index contributed by atoms with van der Waals surface area (Å²) in [6.07, 6.45) is 1.16. The van der Waals surface area contributed by atoms with Crippen LogP contribution < -0.4 is 11.1 Å². The molecule has 0 amide bonds. The zero-order chi connectivity index (χ0) is 12.1. The van der Waals surface area contributed by atoms with E-state index in [-0.39, 0.29) is 12.4 Å². The van der Waals surface area contributed by atoms with E-state index in [1.54, 1.807) is 6.92 Å². The van der Waals surface area contributed by atoms with Crippen molar-refractivity contribution in [3.05, 3.63) is 17.8 Å². The summed E-state index contributed by atoms with van der Waals surface area (Å²) in [5.74, 6) is -0.328. The third kappa shape index (κ3) is 3.11. The molecule has 4 N–H and O–H groups in total. The number of nitrogens with one attached hydrogen (secondary N) is 1. The number of rotatable bonds is 5. The lowest BCUT2D eigenvalue weighted by molar-refractivity contribution is 0.168. The molecule has 0 fully saturated rings. The highest BCUT2D eigenvalue weighted by molar-refractivity contribution is 5.37. The Morgan fingerprint density at radius 2 is 2.25 bits per heavy atom. The summed E-state index contributed by atoms with van der Waals surface area (Å²) in [5, 5.41) is 11.9. The van der Waals surface area contributed by atoms with Gasteiger partial charge < -0.3 is 16.2 Å². The number of aryl methyl sites for hydroxylation is 1. The van der Waals surface area contributed by atoms with E-state index in [1.165, 1.54) is 6.33 Å². The first-order valence-corrected chi connectivity index (χ1v) is 5.23. The Balaban J connectivity index is 2.67. The maximum absolute atomic E-state index is 13.6. The van der Waals surface area contributed by atoms with E-state index in [0.29, 0.717) is 12.1 Å². The van der Waals surface area contributed by atoms with E-state index < -0.39 is 18.0 Å². The molecule has 1 aromatic rings. The van der Waals surface area contributed by atoms with Crippen LogP contribution in [0.4, 0.5) is 10.2 Å². The minimum Gasteiger partial charge on any atom is -0.392 e. The first-order valence-electron chi connectivity index (χ1n) is 5.23. The van der Waals surface area contributed by atoms with Gasteiger partial charge in [-0.3, -0.25) is 0 Å². The Bertz CT molecular complexity index is 346. The summed E-state index contributed by atoms with van der Waals surface area (Å²) in [4.78, 5) is 7.60. The van der Waals surface area contributed by atoms with Crippen LogP contribution in [0, 0.1) is 5.82 Å². The molecule has 0 saturated carbocycles. The molecule has 5 nitrogen and oxygen atoms in total. The van der Waals surface area contributed by atoms with Gasteiger partial charge in [0, 0.05) is 12.6 Å². The summed E-state index contributed by atoms with van der Waals surface area (Å²) >= 11 is 0. The van der Waals surface area contributed by atoms with Gasteiger partial charge in [0.2, 0.25) is 0 Å². The number of aliphatic hydroxyl groups excluding tert-OH is 1. The first-order chi connectivity index (χ1) is 7.56. The van der Waals surface area contributed by atoms with Gasteiger partial charge in [0.15, 0.2) is 11.6 Å². The third-order valence-corrected chi connectivity index (χ3v) is 2.32. The lowest BCUT2D eigenvalue weighted by Gasteiger charge is -2.16. The van der Waals surface area contributed by atoms with Gasteiger partial charge in [-0.25, -0.2) is 14.4 Å². The Kier molecular flexibility index (Phi) is 4.57. The molecule has 0 aliphatic carbocycles. The van der Waals surface area contributed by atoms with Crippen LogP contribution in [0.2, 0.25) is 0 Å². The second kappa shape index (κ2) is 5.72. The molecule has 0 saturated heterocycles. The lowest BCUT2D eigenvalue weighted by Crippen LogP contribution is -2.39. The monoisotopic (exact) mass is 228 g/mol. The number of anilines is 1. The highest BCUT2D eigenvalue weighted by Crippen LogP contribution is 2.12. The minimum absolute atomic E-state index is 0.128. The molecule has 1 heterocycles. The molecule has 0 bridgehead atoms. The SMILES string of the molecule is CCc1ncnc(NCC(N)C(C)O)c1F. The molecular weight excluding hydrogens is 211 g/mol. The normalized spacial score (nSPS) is 14.6. The minimum atomic E-state index is -0.650. The Morgan fingerprint density at radius 1 is 1.56 bits per heavy atom. The maximum Gasteiger partial charge on any atom is 0.186 e. The van der Waals surface area contributed by atoms with Crippen LogP contribution in [0.1, 0.15) is 19.5 Å². The van der Waals surface area contributed by atoms with Crippen LogP contribution in [0.25, 0.3) is 0 Å². The van der Waals surface area contributed by atoms with Crippen molar-refractivity contribution < 1.29 is 9.50 Å². The molecule has 2 atom stereocenters. The van der Waals surface area contributed by atoms with Gasteiger partial charge in [-0.2, -0.15) is 0 Å². The first kappa shape index (κ1) is 12.8. The third-order valence-electron chi connectivity index (χ3n) is 2.32. The second-order valence-corrected chi connectivity index (χ2v) is 3.62. The summed E-state index contributed by atoms with van der Waals surface area (Å²) in [5.41, 5.74) is 5.97. The van der Waals surface area contributed by atoms with Crippen molar-refractivity contribution in [1.29, 1.82) is 0 Å². The van der Waals surface area contributed by atoms with Crippen molar-refractivity contribution in [1.82, 2.24) is 9.97 Å². The van der Waals surface area contributed by atoms with Gasteiger partial charge >= 0.3 is 0 Å². The molecule has 0 aliphatic rings. The standard InChI is InChI=1S/C10H17FN4O/c1-3-8-9(11)10(15-5-14-8)13-4-7(12)6(2)16/h5-7,16H,3-4,12H2,1-2H3,(H,13,14,15). The Labute approximate surface area is 93.9 Å². The second-order valence-electron chi connectivity index (χ2n) is 3.62. The molecule has 0 radical (unpaired) electrons. The number of nitrogens with two attached hydrogens (primary N) is 1. The van der Waals surface area contributed by atoms with Gasteiger partial charge in [-0.05, 0) is 13.3 Å². The molecular formula is C10H17FN4O. The van der Waals surface area contributed by atoms with Crippen molar-refractivity contribution in [2.75, 3.05) is 11.9 Å². The van der Waals surface area contributed by atoms with E-state index >= 15 is 0 Å². The van der Waals surface area contributed by atoms with Gasteiger partial charge in [0.05, 0.1) is 11.8 Å². The van der Waals surface area contributed by atoms with Crippen LogP contribution in [-0.4, -0.2) is 33.8 Å². The molecule has 0 spiro atoms. The predicted molar refractivity (Wildman–Crippen MR) is 59.5 cm³/mol. The van der Waals surface area contributed by atoms with Crippen molar-refractivity contribution in [2.24, 2.45) is 5.73 Å².